The molecular weight excluding hydrogens is 393 g/mol. The average Bonchev–Trinajstić information content (AvgIpc) is 2.68. The minimum absolute atomic E-state index is 0.0459. The van der Waals surface area contributed by atoms with Crippen molar-refractivity contribution < 1.29 is 28.7 Å². The summed E-state index contributed by atoms with van der Waals surface area (Å²) < 4.78 is 13.1. The smallest absolute Gasteiger partial charge is 0.335 e. The lowest BCUT2D eigenvalue weighted by molar-refractivity contribution is -0.130. The maximum Gasteiger partial charge on any atom is 0.335 e. The number of rotatable bonds is 9. The number of hydrogen-bond acceptors (Lipinski definition) is 4. The van der Waals surface area contributed by atoms with Crippen LogP contribution in [-0.4, -0.2) is 40.9 Å². The highest BCUT2D eigenvalue weighted by Gasteiger charge is 2.25. The summed E-state index contributed by atoms with van der Waals surface area (Å²) in [5.41, 5.74) is 6.70. The average molecular weight is 415 g/mol. The number of carboxylic acids is 1. The summed E-state index contributed by atoms with van der Waals surface area (Å²) in [6.07, 6.45) is 0.134. The van der Waals surface area contributed by atoms with Crippen LogP contribution in [0.3, 0.4) is 0 Å². The molecule has 158 valence electrons. The molecule has 0 aliphatic rings. The van der Waals surface area contributed by atoms with Crippen molar-refractivity contribution in [3.8, 4) is 0 Å². The van der Waals surface area contributed by atoms with Gasteiger partial charge in [0.25, 0.3) is 0 Å². The van der Waals surface area contributed by atoms with Crippen molar-refractivity contribution >= 4 is 23.7 Å². The Morgan fingerprint density at radius 1 is 0.900 bits per heavy atom. The molecule has 3 amide bonds. The van der Waals surface area contributed by atoms with Gasteiger partial charge in [0.2, 0.25) is 17.7 Å². The van der Waals surface area contributed by atoms with E-state index in [0.717, 1.165) is 0 Å². The van der Waals surface area contributed by atoms with Gasteiger partial charge in [-0.3, -0.25) is 14.4 Å². The predicted octanol–water partition coefficient (Wildman–Crippen LogP) is 0.784. The highest BCUT2D eigenvalue weighted by Crippen LogP contribution is 2.09. The van der Waals surface area contributed by atoms with Crippen molar-refractivity contribution in [3.05, 3.63) is 71.0 Å². The Labute approximate surface area is 172 Å². The minimum Gasteiger partial charge on any atom is -0.478 e. The van der Waals surface area contributed by atoms with Gasteiger partial charge in [0.15, 0.2) is 0 Å². The maximum atomic E-state index is 13.1. The lowest BCUT2D eigenvalue weighted by Gasteiger charge is -2.22. The summed E-state index contributed by atoms with van der Waals surface area (Å²) in [5.74, 6) is -3.37. The van der Waals surface area contributed by atoms with Crippen LogP contribution in [-0.2, 0) is 27.2 Å². The van der Waals surface area contributed by atoms with Crippen molar-refractivity contribution in [1.82, 2.24) is 10.6 Å². The Hall–Kier alpha value is -3.75. The molecule has 2 aromatic rings. The van der Waals surface area contributed by atoms with Gasteiger partial charge in [-0.15, -0.1) is 0 Å². The van der Waals surface area contributed by atoms with Crippen LogP contribution in [0.15, 0.2) is 48.5 Å². The molecule has 0 aliphatic heterocycles. The number of amides is 3. The Morgan fingerprint density at radius 3 is 1.87 bits per heavy atom. The van der Waals surface area contributed by atoms with Crippen molar-refractivity contribution in [2.24, 2.45) is 5.73 Å². The zero-order valence-electron chi connectivity index (χ0n) is 16.2. The molecule has 2 atom stereocenters. The third-order valence-electron chi connectivity index (χ3n) is 4.35. The Kier molecular flexibility index (Phi) is 7.62. The van der Waals surface area contributed by atoms with E-state index in [9.17, 15) is 23.6 Å². The predicted molar refractivity (Wildman–Crippen MR) is 106 cm³/mol. The van der Waals surface area contributed by atoms with Crippen LogP contribution in [0, 0.1) is 5.82 Å². The molecular formula is C21H22FN3O5. The van der Waals surface area contributed by atoms with Crippen LogP contribution >= 0.6 is 0 Å². The molecule has 0 aliphatic carbocycles. The number of carbonyl (C=O) groups excluding carboxylic acids is 3. The SMILES string of the molecule is CC(=O)N[C@H](Cc1ccc(F)cc1)C(=O)N[C@@H](Cc1ccc(C(=O)O)cc1)C(N)=O. The van der Waals surface area contributed by atoms with Crippen molar-refractivity contribution in [2.45, 2.75) is 31.8 Å². The molecule has 0 heterocycles. The van der Waals surface area contributed by atoms with Gasteiger partial charge in [-0.2, -0.15) is 0 Å². The molecule has 0 spiro atoms. The van der Waals surface area contributed by atoms with Crippen LogP contribution in [0.1, 0.15) is 28.4 Å². The van der Waals surface area contributed by atoms with Gasteiger partial charge >= 0.3 is 5.97 Å². The second-order valence-electron chi connectivity index (χ2n) is 6.75. The minimum atomic E-state index is -1.08. The first-order chi connectivity index (χ1) is 14.2. The molecule has 2 aromatic carbocycles. The van der Waals surface area contributed by atoms with Gasteiger partial charge in [0.05, 0.1) is 5.56 Å². The number of aromatic carboxylic acids is 1. The second kappa shape index (κ2) is 10.1. The lowest BCUT2D eigenvalue weighted by atomic mass is 10.0. The van der Waals surface area contributed by atoms with E-state index >= 15 is 0 Å². The summed E-state index contributed by atoms with van der Waals surface area (Å²) in [6.45, 7) is 1.25. The number of nitrogens with two attached hydrogens (primary N) is 1. The number of hydrogen-bond donors (Lipinski definition) is 4. The summed E-state index contributed by atoms with van der Waals surface area (Å²) in [7, 11) is 0. The number of halogens is 1. The van der Waals surface area contributed by atoms with Crippen molar-refractivity contribution in [3.63, 3.8) is 0 Å². The van der Waals surface area contributed by atoms with E-state index in [-0.39, 0.29) is 18.4 Å². The first-order valence-electron chi connectivity index (χ1n) is 9.09. The fraction of sp³-hybridized carbons (Fsp3) is 0.238. The number of carboxylic acid groups (broad SMARTS) is 1. The third-order valence-corrected chi connectivity index (χ3v) is 4.35. The molecule has 0 fully saturated rings. The van der Waals surface area contributed by atoms with Gasteiger partial charge in [-0.25, -0.2) is 9.18 Å². The van der Waals surface area contributed by atoms with Crippen LogP contribution in [0.5, 0.6) is 0 Å². The van der Waals surface area contributed by atoms with Gasteiger partial charge in [-0.1, -0.05) is 24.3 Å². The molecule has 30 heavy (non-hydrogen) atoms. The molecule has 0 radical (unpaired) electrons. The topological polar surface area (TPSA) is 139 Å². The van der Waals surface area contributed by atoms with Gasteiger partial charge < -0.3 is 21.5 Å². The van der Waals surface area contributed by atoms with Crippen molar-refractivity contribution in [1.29, 1.82) is 0 Å². The van der Waals surface area contributed by atoms with Crippen LogP contribution < -0.4 is 16.4 Å². The summed E-state index contributed by atoms with van der Waals surface area (Å²) in [5, 5.41) is 14.0. The highest BCUT2D eigenvalue weighted by molar-refractivity contribution is 5.91. The summed E-state index contributed by atoms with van der Waals surface area (Å²) in [6, 6.07) is 9.21. The number of benzene rings is 2. The zero-order chi connectivity index (χ0) is 22.3. The Morgan fingerprint density at radius 2 is 1.40 bits per heavy atom. The summed E-state index contributed by atoms with van der Waals surface area (Å²) >= 11 is 0. The molecule has 9 heteroatoms. The van der Waals surface area contributed by atoms with E-state index in [0.29, 0.717) is 11.1 Å². The Bertz CT molecular complexity index is 929. The monoisotopic (exact) mass is 415 g/mol. The number of carbonyl (C=O) groups is 4. The largest absolute Gasteiger partial charge is 0.478 e. The molecule has 0 bridgehead atoms. The normalized spacial score (nSPS) is 12.5. The number of nitrogens with one attached hydrogen (secondary N) is 2. The third kappa shape index (κ3) is 6.69. The van der Waals surface area contributed by atoms with E-state index < -0.39 is 41.6 Å². The van der Waals surface area contributed by atoms with E-state index in [2.05, 4.69) is 10.6 Å². The lowest BCUT2D eigenvalue weighted by Crippen LogP contribution is -2.54. The molecule has 0 saturated carbocycles. The zero-order valence-corrected chi connectivity index (χ0v) is 16.2. The van der Waals surface area contributed by atoms with Crippen molar-refractivity contribution in [2.75, 3.05) is 0 Å². The fourth-order valence-electron chi connectivity index (χ4n) is 2.83. The standard InChI is InChI=1S/C21H22FN3O5/c1-12(26)24-18(11-14-4-8-16(22)9-5-14)20(28)25-17(19(23)27)10-13-2-6-15(7-3-13)21(29)30/h2-9,17-18H,10-11H2,1H3,(H2,23,27)(H,24,26)(H,25,28)(H,29,30)/t17-,18+/m0/s1. The highest BCUT2D eigenvalue weighted by atomic mass is 19.1. The molecule has 5 N–H and O–H groups in total. The van der Waals surface area contributed by atoms with E-state index in [1.165, 1.54) is 55.5 Å². The van der Waals surface area contributed by atoms with Gasteiger partial charge in [0, 0.05) is 19.8 Å². The maximum absolute atomic E-state index is 13.1. The Balaban J connectivity index is 2.12. The van der Waals surface area contributed by atoms with Crippen LogP contribution in [0.25, 0.3) is 0 Å². The van der Waals surface area contributed by atoms with E-state index in [4.69, 9.17) is 10.8 Å². The van der Waals surface area contributed by atoms with Gasteiger partial charge in [-0.05, 0) is 35.4 Å². The van der Waals surface area contributed by atoms with E-state index in [1.807, 2.05) is 0 Å². The summed E-state index contributed by atoms with van der Waals surface area (Å²) in [4.78, 5) is 47.0. The molecule has 8 nitrogen and oxygen atoms in total. The molecule has 0 aromatic heterocycles. The molecule has 0 unspecified atom stereocenters. The molecule has 2 rings (SSSR count). The molecule has 0 saturated heterocycles. The first kappa shape index (κ1) is 22.5. The fourth-order valence-corrected chi connectivity index (χ4v) is 2.83. The van der Waals surface area contributed by atoms with Crippen LogP contribution in [0.4, 0.5) is 4.39 Å². The first-order valence-corrected chi connectivity index (χ1v) is 9.09. The number of primary amides is 1. The second-order valence-corrected chi connectivity index (χ2v) is 6.75. The van der Waals surface area contributed by atoms with E-state index in [1.54, 1.807) is 0 Å². The van der Waals surface area contributed by atoms with Crippen LogP contribution in [0.2, 0.25) is 0 Å². The quantitative estimate of drug-likeness (QED) is 0.479. The van der Waals surface area contributed by atoms with Gasteiger partial charge in [0.1, 0.15) is 17.9 Å².